The van der Waals surface area contributed by atoms with Crippen molar-refractivity contribution in [1.82, 2.24) is 0 Å². The first-order valence-corrected chi connectivity index (χ1v) is 6.86. The van der Waals surface area contributed by atoms with E-state index in [2.05, 4.69) is 49.9 Å². The van der Waals surface area contributed by atoms with Crippen molar-refractivity contribution >= 4 is 5.69 Å². The first kappa shape index (κ1) is 13.4. The molecule has 2 N–H and O–H groups in total. The lowest BCUT2D eigenvalue weighted by Gasteiger charge is -2.40. The van der Waals surface area contributed by atoms with Crippen LogP contribution in [-0.2, 0) is 4.74 Å². The van der Waals surface area contributed by atoms with Gasteiger partial charge in [-0.1, -0.05) is 25.1 Å². The number of benzene rings is 1. The van der Waals surface area contributed by atoms with E-state index in [4.69, 9.17) is 10.5 Å². The third-order valence-electron chi connectivity index (χ3n) is 3.69. The minimum absolute atomic E-state index is 0.117. The van der Waals surface area contributed by atoms with Crippen molar-refractivity contribution in [1.29, 1.82) is 0 Å². The van der Waals surface area contributed by atoms with Crippen molar-refractivity contribution < 1.29 is 4.74 Å². The van der Waals surface area contributed by atoms with E-state index in [1.54, 1.807) is 0 Å². The summed E-state index contributed by atoms with van der Waals surface area (Å²) in [6, 6.07) is 9.02. The van der Waals surface area contributed by atoms with Gasteiger partial charge < -0.3 is 15.4 Å². The summed E-state index contributed by atoms with van der Waals surface area (Å²) in [5.41, 5.74) is 8.75. The number of nitrogens with two attached hydrogens (primary N) is 1. The van der Waals surface area contributed by atoms with Gasteiger partial charge in [0.05, 0.1) is 12.7 Å². The highest BCUT2D eigenvalue weighted by atomic mass is 16.5. The summed E-state index contributed by atoms with van der Waals surface area (Å²) in [6.07, 6.45) is 1.25. The number of morpholine rings is 1. The summed E-state index contributed by atoms with van der Waals surface area (Å²) in [5, 5.41) is 0. The molecule has 2 rings (SSSR count). The van der Waals surface area contributed by atoms with Crippen LogP contribution in [0, 0.1) is 0 Å². The normalized spacial score (nSPS) is 26.1. The summed E-state index contributed by atoms with van der Waals surface area (Å²) in [5.74, 6) is 0. The Bertz CT molecular complexity index is 394. The Morgan fingerprint density at radius 3 is 2.83 bits per heavy atom. The van der Waals surface area contributed by atoms with Crippen LogP contribution in [0.15, 0.2) is 24.3 Å². The predicted molar refractivity (Wildman–Crippen MR) is 75.9 cm³/mol. The van der Waals surface area contributed by atoms with Crippen LogP contribution in [0.2, 0.25) is 0 Å². The van der Waals surface area contributed by atoms with Gasteiger partial charge in [-0.25, -0.2) is 0 Å². The zero-order valence-corrected chi connectivity index (χ0v) is 11.6. The minimum atomic E-state index is 0.117. The molecule has 1 heterocycles. The third kappa shape index (κ3) is 2.68. The summed E-state index contributed by atoms with van der Waals surface area (Å²) >= 11 is 0. The number of hydrogen-bond donors (Lipinski definition) is 1. The van der Waals surface area contributed by atoms with E-state index in [-0.39, 0.29) is 12.1 Å². The smallest absolute Gasteiger partial charge is 0.0723 e. The first-order chi connectivity index (χ1) is 8.63. The third-order valence-corrected chi connectivity index (χ3v) is 3.69. The molecule has 0 aromatic heterocycles. The second-order valence-electron chi connectivity index (χ2n) is 5.22. The molecule has 0 saturated carbocycles. The maximum atomic E-state index is 6.22. The molecule has 0 spiro atoms. The lowest BCUT2D eigenvalue weighted by molar-refractivity contribution is 0.0343. The highest BCUT2D eigenvalue weighted by Gasteiger charge is 2.25. The van der Waals surface area contributed by atoms with Crippen LogP contribution in [0.25, 0.3) is 0 Å². The monoisotopic (exact) mass is 248 g/mol. The lowest BCUT2D eigenvalue weighted by atomic mass is 10.0. The van der Waals surface area contributed by atoms with Gasteiger partial charge in [-0.15, -0.1) is 0 Å². The average molecular weight is 248 g/mol. The largest absolute Gasteiger partial charge is 0.375 e. The lowest BCUT2D eigenvalue weighted by Crippen LogP contribution is -2.48. The molecule has 3 unspecified atom stereocenters. The van der Waals surface area contributed by atoms with Crippen molar-refractivity contribution in [2.45, 2.75) is 45.4 Å². The van der Waals surface area contributed by atoms with E-state index >= 15 is 0 Å². The molecule has 3 atom stereocenters. The minimum Gasteiger partial charge on any atom is -0.375 e. The van der Waals surface area contributed by atoms with Crippen LogP contribution in [-0.4, -0.2) is 25.3 Å². The molecule has 1 aliphatic heterocycles. The molecule has 0 aliphatic carbocycles. The van der Waals surface area contributed by atoms with E-state index in [1.807, 2.05) is 0 Å². The van der Waals surface area contributed by atoms with Crippen molar-refractivity contribution in [3.05, 3.63) is 29.8 Å². The molecular formula is C15H24N2O. The quantitative estimate of drug-likeness (QED) is 0.894. The molecule has 1 aromatic rings. The van der Waals surface area contributed by atoms with Crippen molar-refractivity contribution in [2.24, 2.45) is 5.73 Å². The van der Waals surface area contributed by atoms with Crippen LogP contribution in [0.4, 0.5) is 5.69 Å². The molecular weight excluding hydrogens is 224 g/mol. The fourth-order valence-electron chi connectivity index (χ4n) is 2.52. The number of rotatable bonds is 3. The second kappa shape index (κ2) is 5.72. The molecule has 0 bridgehead atoms. The van der Waals surface area contributed by atoms with Gasteiger partial charge >= 0.3 is 0 Å². The Morgan fingerprint density at radius 2 is 2.11 bits per heavy atom. The Labute approximate surface area is 110 Å². The van der Waals surface area contributed by atoms with Gasteiger partial charge in [-0.05, 0) is 31.9 Å². The maximum Gasteiger partial charge on any atom is 0.0723 e. The van der Waals surface area contributed by atoms with Gasteiger partial charge in [-0.2, -0.15) is 0 Å². The van der Waals surface area contributed by atoms with Gasteiger partial charge in [0.15, 0.2) is 0 Å². The highest BCUT2D eigenvalue weighted by Crippen LogP contribution is 2.30. The molecule has 0 amide bonds. The van der Waals surface area contributed by atoms with Crippen LogP contribution in [0.1, 0.15) is 38.8 Å². The zero-order valence-electron chi connectivity index (χ0n) is 11.6. The van der Waals surface area contributed by atoms with E-state index in [0.29, 0.717) is 6.04 Å². The molecule has 18 heavy (non-hydrogen) atoms. The van der Waals surface area contributed by atoms with Crippen molar-refractivity contribution in [3.8, 4) is 0 Å². The SMILES string of the molecule is CCC(N)c1ccccc1N1CC(C)OCC1C. The molecule has 3 nitrogen and oxygen atoms in total. The standard InChI is InChI=1S/C15H24N2O/c1-4-14(16)13-7-5-6-8-15(13)17-9-12(3)18-10-11(17)2/h5-8,11-12,14H,4,9-10,16H2,1-3H3. The number of anilines is 1. The summed E-state index contributed by atoms with van der Waals surface area (Å²) in [7, 11) is 0. The van der Waals surface area contributed by atoms with Crippen LogP contribution >= 0.6 is 0 Å². The van der Waals surface area contributed by atoms with Gasteiger partial charge in [-0.3, -0.25) is 0 Å². The highest BCUT2D eigenvalue weighted by molar-refractivity contribution is 5.56. The fourth-order valence-corrected chi connectivity index (χ4v) is 2.52. The number of nitrogens with zero attached hydrogens (tertiary/aromatic N) is 1. The Morgan fingerprint density at radius 1 is 1.39 bits per heavy atom. The van der Waals surface area contributed by atoms with E-state index < -0.39 is 0 Å². The summed E-state index contributed by atoms with van der Waals surface area (Å²) in [6.45, 7) is 8.19. The van der Waals surface area contributed by atoms with E-state index in [9.17, 15) is 0 Å². The van der Waals surface area contributed by atoms with Gasteiger partial charge in [0.1, 0.15) is 0 Å². The molecule has 1 saturated heterocycles. The van der Waals surface area contributed by atoms with Gasteiger partial charge in [0.25, 0.3) is 0 Å². The Balaban J connectivity index is 2.31. The van der Waals surface area contributed by atoms with Crippen LogP contribution < -0.4 is 10.6 Å². The topological polar surface area (TPSA) is 38.5 Å². The van der Waals surface area contributed by atoms with E-state index in [0.717, 1.165) is 19.6 Å². The maximum absolute atomic E-state index is 6.22. The molecule has 3 heteroatoms. The predicted octanol–water partition coefficient (Wildman–Crippen LogP) is 2.71. The fraction of sp³-hybridized carbons (Fsp3) is 0.600. The first-order valence-electron chi connectivity index (χ1n) is 6.86. The zero-order chi connectivity index (χ0) is 13.1. The van der Waals surface area contributed by atoms with Crippen LogP contribution in [0.5, 0.6) is 0 Å². The number of ether oxygens (including phenoxy) is 1. The van der Waals surface area contributed by atoms with Crippen LogP contribution in [0.3, 0.4) is 0 Å². The molecule has 1 aromatic carbocycles. The summed E-state index contributed by atoms with van der Waals surface area (Å²) in [4.78, 5) is 2.43. The number of para-hydroxylation sites is 1. The van der Waals surface area contributed by atoms with Gasteiger partial charge in [0.2, 0.25) is 0 Å². The van der Waals surface area contributed by atoms with Crippen molar-refractivity contribution in [2.75, 3.05) is 18.1 Å². The molecule has 0 radical (unpaired) electrons. The van der Waals surface area contributed by atoms with Gasteiger partial charge in [0, 0.05) is 24.3 Å². The van der Waals surface area contributed by atoms with Crippen molar-refractivity contribution in [3.63, 3.8) is 0 Å². The Hall–Kier alpha value is -1.06. The molecule has 100 valence electrons. The number of hydrogen-bond acceptors (Lipinski definition) is 3. The summed E-state index contributed by atoms with van der Waals surface area (Å²) < 4.78 is 5.70. The Kier molecular flexibility index (Phi) is 4.25. The molecule has 1 aliphatic rings. The second-order valence-corrected chi connectivity index (χ2v) is 5.22. The average Bonchev–Trinajstić information content (AvgIpc) is 2.40. The molecule has 1 fully saturated rings. The van der Waals surface area contributed by atoms with E-state index in [1.165, 1.54) is 11.3 Å².